The van der Waals surface area contributed by atoms with Gasteiger partial charge in [-0.3, -0.25) is 4.79 Å². The van der Waals surface area contributed by atoms with Gasteiger partial charge in [0, 0.05) is 0 Å². The minimum Gasteiger partial charge on any atom is -0.481 e. The molecule has 17 heavy (non-hydrogen) atoms. The minimum absolute atomic E-state index is 0.161. The van der Waals surface area contributed by atoms with E-state index in [9.17, 15) is 15.0 Å². The highest BCUT2D eigenvalue weighted by Gasteiger charge is 2.47. The van der Waals surface area contributed by atoms with Crippen LogP contribution in [-0.2, 0) is 4.79 Å². The Balaban J connectivity index is 2.83. The first-order chi connectivity index (χ1) is 8.06. The van der Waals surface area contributed by atoms with E-state index < -0.39 is 17.5 Å². The zero-order valence-electron chi connectivity index (χ0n) is 11.1. The van der Waals surface area contributed by atoms with Crippen LogP contribution in [0.1, 0.15) is 65.2 Å². The highest BCUT2D eigenvalue weighted by Crippen LogP contribution is 2.42. The Morgan fingerprint density at radius 1 is 1.41 bits per heavy atom. The second kappa shape index (κ2) is 6.39. The van der Waals surface area contributed by atoms with Crippen molar-refractivity contribution in [1.82, 2.24) is 0 Å². The van der Waals surface area contributed by atoms with Crippen LogP contribution in [0.2, 0.25) is 0 Å². The Hall–Kier alpha value is -0.570. The van der Waals surface area contributed by atoms with Crippen molar-refractivity contribution in [2.24, 2.45) is 11.8 Å². The van der Waals surface area contributed by atoms with Gasteiger partial charge < -0.3 is 10.2 Å². The Labute approximate surface area is 104 Å². The van der Waals surface area contributed by atoms with Gasteiger partial charge in [-0.25, -0.2) is 0 Å². The molecule has 0 spiro atoms. The van der Waals surface area contributed by atoms with Crippen LogP contribution in [0.3, 0.4) is 0 Å². The smallest absolute Gasteiger partial charge is 0.309 e. The van der Waals surface area contributed by atoms with Crippen LogP contribution in [-0.4, -0.2) is 21.8 Å². The van der Waals surface area contributed by atoms with E-state index in [0.717, 1.165) is 38.5 Å². The average molecular weight is 242 g/mol. The van der Waals surface area contributed by atoms with Crippen LogP contribution in [0.15, 0.2) is 0 Å². The van der Waals surface area contributed by atoms with Gasteiger partial charge in [-0.05, 0) is 25.2 Å². The number of carboxylic acids is 1. The van der Waals surface area contributed by atoms with Crippen molar-refractivity contribution in [3.63, 3.8) is 0 Å². The molecule has 0 bridgehead atoms. The normalized spacial score (nSPS) is 31.1. The maximum absolute atomic E-state index is 11.4. The summed E-state index contributed by atoms with van der Waals surface area (Å²) < 4.78 is 0. The lowest BCUT2D eigenvalue weighted by molar-refractivity contribution is -0.162. The summed E-state index contributed by atoms with van der Waals surface area (Å²) in [4.78, 5) is 11.4. The topological polar surface area (TPSA) is 57.5 Å². The molecule has 3 unspecified atom stereocenters. The van der Waals surface area contributed by atoms with E-state index in [2.05, 4.69) is 13.8 Å². The molecule has 3 atom stereocenters. The summed E-state index contributed by atoms with van der Waals surface area (Å²) in [5.74, 6) is -1.23. The van der Waals surface area contributed by atoms with Crippen molar-refractivity contribution in [3.8, 4) is 0 Å². The molecular weight excluding hydrogens is 216 g/mol. The number of carbonyl (C=O) groups is 1. The molecule has 100 valence electrons. The summed E-state index contributed by atoms with van der Waals surface area (Å²) in [6.45, 7) is 4.11. The minimum atomic E-state index is -0.964. The standard InChI is InChI=1S/C14H26O3/c1-3-5-9-12(13(15)16)14(17)10-7-6-8-11(14)4-2/h11-12,17H,3-10H2,1-2H3,(H,15,16). The molecule has 3 nitrogen and oxygen atoms in total. The first-order valence-electron chi connectivity index (χ1n) is 7.01. The number of hydrogen-bond acceptors (Lipinski definition) is 2. The van der Waals surface area contributed by atoms with Gasteiger partial charge in [0.1, 0.15) is 0 Å². The number of rotatable bonds is 6. The third-order valence-corrected chi connectivity index (χ3v) is 4.33. The van der Waals surface area contributed by atoms with Gasteiger partial charge >= 0.3 is 5.97 Å². The van der Waals surface area contributed by atoms with Gasteiger partial charge in [-0.2, -0.15) is 0 Å². The molecule has 1 saturated carbocycles. The quantitative estimate of drug-likeness (QED) is 0.752. The Bertz CT molecular complexity index is 252. The van der Waals surface area contributed by atoms with Crippen LogP contribution >= 0.6 is 0 Å². The fraction of sp³-hybridized carbons (Fsp3) is 0.929. The van der Waals surface area contributed by atoms with Crippen LogP contribution in [0.4, 0.5) is 0 Å². The molecule has 1 aliphatic rings. The van der Waals surface area contributed by atoms with Gasteiger partial charge in [0.05, 0.1) is 11.5 Å². The molecule has 0 radical (unpaired) electrons. The van der Waals surface area contributed by atoms with E-state index >= 15 is 0 Å². The second-order valence-corrected chi connectivity index (χ2v) is 5.38. The van der Waals surface area contributed by atoms with Crippen LogP contribution in [0, 0.1) is 11.8 Å². The second-order valence-electron chi connectivity index (χ2n) is 5.38. The molecule has 1 rings (SSSR count). The van der Waals surface area contributed by atoms with Crippen molar-refractivity contribution in [1.29, 1.82) is 0 Å². The zero-order valence-corrected chi connectivity index (χ0v) is 11.1. The zero-order chi connectivity index (χ0) is 12.9. The summed E-state index contributed by atoms with van der Waals surface area (Å²) in [5, 5.41) is 20.2. The third-order valence-electron chi connectivity index (χ3n) is 4.33. The van der Waals surface area contributed by atoms with Gasteiger partial charge in [-0.15, -0.1) is 0 Å². The molecule has 0 aromatic heterocycles. The van der Waals surface area contributed by atoms with E-state index in [1.165, 1.54) is 0 Å². The van der Waals surface area contributed by atoms with E-state index in [-0.39, 0.29) is 5.92 Å². The maximum atomic E-state index is 11.4. The van der Waals surface area contributed by atoms with Crippen LogP contribution in [0.5, 0.6) is 0 Å². The number of hydrogen-bond donors (Lipinski definition) is 2. The summed E-state index contributed by atoms with van der Waals surface area (Å²) >= 11 is 0. The van der Waals surface area contributed by atoms with Crippen molar-refractivity contribution in [2.45, 2.75) is 70.8 Å². The summed E-state index contributed by atoms with van der Waals surface area (Å²) in [5.41, 5.74) is -0.964. The van der Waals surface area contributed by atoms with Crippen molar-refractivity contribution < 1.29 is 15.0 Å². The third kappa shape index (κ3) is 3.21. The van der Waals surface area contributed by atoms with Gasteiger partial charge in [0.15, 0.2) is 0 Å². The molecule has 2 N–H and O–H groups in total. The fourth-order valence-corrected chi connectivity index (χ4v) is 3.26. The molecule has 0 aromatic rings. The summed E-state index contributed by atoms with van der Waals surface area (Å²) in [7, 11) is 0. The molecular formula is C14H26O3. The Morgan fingerprint density at radius 2 is 2.12 bits per heavy atom. The highest BCUT2D eigenvalue weighted by atomic mass is 16.4. The van der Waals surface area contributed by atoms with E-state index in [4.69, 9.17) is 0 Å². The lowest BCUT2D eigenvalue weighted by atomic mass is 9.66. The first-order valence-corrected chi connectivity index (χ1v) is 7.01. The van der Waals surface area contributed by atoms with Crippen molar-refractivity contribution in [3.05, 3.63) is 0 Å². The Kier molecular flexibility index (Phi) is 5.44. The lowest BCUT2D eigenvalue weighted by Crippen LogP contribution is -2.50. The molecule has 0 heterocycles. The lowest BCUT2D eigenvalue weighted by Gasteiger charge is -2.43. The van der Waals surface area contributed by atoms with Crippen molar-refractivity contribution >= 4 is 5.97 Å². The molecule has 1 aliphatic carbocycles. The van der Waals surface area contributed by atoms with E-state index in [1.54, 1.807) is 0 Å². The number of aliphatic carboxylic acids is 1. The predicted molar refractivity (Wildman–Crippen MR) is 67.8 cm³/mol. The fourth-order valence-electron chi connectivity index (χ4n) is 3.26. The van der Waals surface area contributed by atoms with E-state index in [1.807, 2.05) is 0 Å². The molecule has 3 heteroatoms. The molecule has 0 aromatic carbocycles. The predicted octanol–water partition coefficient (Wildman–Crippen LogP) is 3.21. The largest absolute Gasteiger partial charge is 0.481 e. The van der Waals surface area contributed by atoms with Gasteiger partial charge in [0.2, 0.25) is 0 Å². The van der Waals surface area contributed by atoms with Gasteiger partial charge in [0.25, 0.3) is 0 Å². The van der Waals surface area contributed by atoms with Crippen LogP contribution < -0.4 is 0 Å². The number of unbranched alkanes of at least 4 members (excludes halogenated alkanes) is 1. The molecule has 0 aliphatic heterocycles. The molecule has 0 amide bonds. The highest BCUT2D eigenvalue weighted by molar-refractivity contribution is 5.71. The van der Waals surface area contributed by atoms with Gasteiger partial charge in [-0.1, -0.05) is 46.0 Å². The average Bonchev–Trinajstić information content (AvgIpc) is 2.29. The monoisotopic (exact) mass is 242 g/mol. The summed E-state index contributed by atoms with van der Waals surface area (Å²) in [6, 6.07) is 0. The number of aliphatic hydroxyl groups is 1. The molecule has 1 fully saturated rings. The number of carboxylic acid groups (broad SMARTS) is 1. The van der Waals surface area contributed by atoms with Crippen molar-refractivity contribution in [2.75, 3.05) is 0 Å². The Morgan fingerprint density at radius 3 is 2.65 bits per heavy atom. The van der Waals surface area contributed by atoms with E-state index in [0.29, 0.717) is 12.8 Å². The summed E-state index contributed by atoms with van der Waals surface area (Å²) in [6.07, 6.45) is 7.08. The van der Waals surface area contributed by atoms with Crippen LogP contribution in [0.25, 0.3) is 0 Å². The first kappa shape index (κ1) is 14.5. The maximum Gasteiger partial charge on any atom is 0.309 e. The SMILES string of the molecule is CCCCC(C(=O)O)C1(O)CCCCC1CC. The molecule has 0 saturated heterocycles.